The average Bonchev–Trinajstić information content (AvgIpc) is 2.25. The minimum atomic E-state index is 0.858. The fourth-order valence-corrected chi connectivity index (χ4v) is 2.49. The summed E-state index contributed by atoms with van der Waals surface area (Å²) in [5, 5.41) is 2.59. The molecule has 0 aromatic carbocycles. The van der Waals surface area contributed by atoms with E-state index < -0.39 is 0 Å². The van der Waals surface area contributed by atoms with Crippen molar-refractivity contribution in [3.63, 3.8) is 0 Å². The average molecular weight is 198 g/mol. The predicted molar refractivity (Wildman–Crippen MR) is 62.4 cm³/mol. The first-order valence-corrected chi connectivity index (χ1v) is 6.66. The summed E-state index contributed by atoms with van der Waals surface area (Å²) < 4.78 is 0. The van der Waals surface area contributed by atoms with Gasteiger partial charge in [0.2, 0.25) is 0 Å². The Bertz CT molecular complexity index is 127. The molecule has 1 saturated carbocycles. The normalized spacial score (nSPS) is 21.0. The maximum absolute atomic E-state index is 2.59. The number of rotatable bonds is 6. The molecule has 2 N–H and O–H groups in total. The summed E-state index contributed by atoms with van der Waals surface area (Å²) in [6.45, 7) is 6.07. The first-order chi connectivity index (χ1) is 6.83. The highest BCUT2D eigenvalue weighted by Gasteiger charge is 2.16. The third-order valence-electron chi connectivity index (χ3n) is 3.61. The highest BCUT2D eigenvalue weighted by Crippen LogP contribution is 2.21. The molecule has 0 unspecified atom stereocenters. The summed E-state index contributed by atoms with van der Waals surface area (Å²) in [5.41, 5.74) is 0. The van der Waals surface area contributed by atoms with Gasteiger partial charge in [-0.25, -0.2) is 0 Å². The van der Waals surface area contributed by atoms with Crippen LogP contribution < -0.4 is 5.32 Å². The third kappa shape index (κ3) is 4.99. The van der Waals surface area contributed by atoms with Crippen LogP contribution in [0.4, 0.5) is 0 Å². The Morgan fingerprint density at radius 1 is 1.21 bits per heavy atom. The van der Waals surface area contributed by atoms with Crippen LogP contribution in [0.25, 0.3) is 0 Å². The molecule has 0 bridgehead atoms. The highest BCUT2D eigenvalue weighted by atomic mass is 14.9. The smallest absolute Gasteiger partial charge is 0.0830 e. The molecule has 1 aliphatic carbocycles. The molecule has 0 heterocycles. The van der Waals surface area contributed by atoms with E-state index in [9.17, 15) is 0 Å². The van der Waals surface area contributed by atoms with Crippen molar-refractivity contribution in [2.45, 2.75) is 71.3 Å². The van der Waals surface area contributed by atoms with Crippen LogP contribution in [0, 0.1) is 5.92 Å². The van der Waals surface area contributed by atoms with Gasteiger partial charge in [0.25, 0.3) is 0 Å². The van der Waals surface area contributed by atoms with E-state index in [1.165, 1.54) is 57.9 Å². The van der Waals surface area contributed by atoms with Crippen molar-refractivity contribution in [2.75, 3.05) is 6.54 Å². The van der Waals surface area contributed by atoms with Gasteiger partial charge in [-0.15, -0.1) is 0 Å². The molecule has 0 aliphatic heterocycles. The fourth-order valence-electron chi connectivity index (χ4n) is 2.49. The molecule has 1 aliphatic rings. The quantitative estimate of drug-likeness (QED) is 0.676. The zero-order valence-corrected chi connectivity index (χ0v) is 10.1. The third-order valence-corrected chi connectivity index (χ3v) is 3.61. The van der Waals surface area contributed by atoms with Crippen LogP contribution >= 0.6 is 0 Å². The van der Waals surface area contributed by atoms with Crippen LogP contribution in [-0.2, 0) is 0 Å². The molecule has 1 fully saturated rings. The van der Waals surface area contributed by atoms with E-state index in [0.717, 1.165) is 12.0 Å². The van der Waals surface area contributed by atoms with Crippen LogP contribution in [0.3, 0.4) is 0 Å². The second kappa shape index (κ2) is 7.28. The van der Waals surface area contributed by atoms with Crippen LogP contribution in [0.2, 0.25) is 0 Å². The summed E-state index contributed by atoms with van der Waals surface area (Å²) in [7, 11) is 0. The largest absolute Gasteiger partial charge is 0.344 e. The lowest BCUT2D eigenvalue weighted by Crippen LogP contribution is -2.90. The van der Waals surface area contributed by atoms with E-state index in [2.05, 4.69) is 19.2 Å². The van der Waals surface area contributed by atoms with E-state index in [4.69, 9.17) is 0 Å². The minimum absolute atomic E-state index is 0.858. The monoisotopic (exact) mass is 198 g/mol. The SMILES string of the molecule is CCCC[C@H](C)[NH2+]CC1CCCCC1. The lowest BCUT2D eigenvalue weighted by molar-refractivity contribution is -0.692. The molecule has 0 saturated heterocycles. The lowest BCUT2D eigenvalue weighted by atomic mass is 9.89. The van der Waals surface area contributed by atoms with Crippen molar-refractivity contribution in [1.82, 2.24) is 0 Å². The van der Waals surface area contributed by atoms with Gasteiger partial charge in [0.05, 0.1) is 12.6 Å². The van der Waals surface area contributed by atoms with Crippen molar-refractivity contribution in [1.29, 1.82) is 0 Å². The maximum Gasteiger partial charge on any atom is 0.0830 e. The molecule has 0 radical (unpaired) electrons. The Hall–Kier alpha value is -0.0400. The molecular weight excluding hydrogens is 170 g/mol. The van der Waals surface area contributed by atoms with Crippen molar-refractivity contribution >= 4 is 0 Å². The molecule has 0 aromatic rings. The predicted octanol–water partition coefficient (Wildman–Crippen LogP) is 2.71. The number of hydrogen-bond donors (Lipinski definition) is 1. The van der Waals surface area contributed by atoms with Gasteiger partial charge in [0, 0.05) is 5.92 Å². The number of nitrogens with two attached hydrogens (primary N) is 1. The lowest BCUT2D eigenvalue weighted by Gasteiger charge is -2.21. The fraction of sp³-hybridized carbons (Fsp3) is 1.00. The van der Waals surface area contributed by atoms with Gasteiger partial charge in [0.1, 0.15) is 0 Å². The second-order valence-corrected chi connectivity index (χ2v) is 5.09. The van der Waals surface area contributed by atoms with Crippen molar-refractivity contribution in [2.24, 2.45) is 5.92 Å². The molecule has 84 valence electrons. The zero-order valence-electron chi connectivity index (χ0n) is 10.1. The van der Waals surface area contributed by atoms with Gasteiger partial charge in [-0.05, 0) is 32.6 Å². The Kier molecular flexibility index (Phi) is 6.25. The topological polar surface area (TPSA) is 16.6 Å². The van der Waals surface area contributed by atoms with Gasteiger partial charge in [-0.3, -0.25) is 0 Å². The number of unbranched alkanes of at least 4 members (excludes halogenated alkanes) is 1. The maximum atomic E-state index is 2.59. The highest BCUT2D eigenvalue weighted by molar-refractivity contribution is 4.64. The van der Waals surface area contributed by atoms with Crippen LogP contribution in [0.1, 0.15) is 65.2 Å². The van der Waals surface area contributed by atoms with Crippen molar-refractivity contribution in [3.05, 3.63) is 0 Å². The molecule has 14 heavy (non-hydrogen) atoms. The van der Waals surface area contributed by atoms with Gasteiger partial charge in [-0.1, -0.05) is 32.6 Å². The summed E-state index contributed by atoms with van der Waals surface area (Å²) in [5.74, 6) is 1.04. The molecule has 1 rings (SSSR count). The molecular formula is C13H28N+. The van der Waals surface area contributed by atoms with E-state index in [-0.39, 0.29) is 0 Å². The summed E-state index contributed by atoms with van der Waals surface area (Å²) in [6.07, 6.45) is 11.6. The zero-order chi connectivity index (χ0) is 10.2. The second-order valence-electron chi connectivity index (χ2n) is 5.09. The molecule has 0 aromatic heterocycles. The molecule has 0 amide bonds. The van der Waals surface area contributed by atoms with Gasteiger partial charge in [-0.2, -0.15) is 0 Å². The Morgan fingerprint density at radius 2 is 1.93 bits per heavy atom. The summed E-state index contributed by atoms with van der Waals surface area (Å²) >= 11 is 0. The standard InChI is InChI=1S/C13H27N/c1-3-4-8-12(2)14-11-13-9-6-5-7-10-13/h12-14H,3-11H2,1-2H3/p+1/t12-/m0/s1. The first-order valence-electron chi connectivity index (χ1n) is 6.66. The van der Waals surface area contributed by atoms with E-state index in [1.54, 1.807) is 0 Å². The first kappa shape index (κ1) is 12.0. The van der Waals surface area contributed by atoms with Gasteiger partial charge < -0.3 is 5.32 Å². The van der Waals surface area contributed by atoms with Gasteiger partial charge in [0.15, 0.2) is 0 Å². The van der Waals surface area contributed by atoms with Crippen molar-refractivity contribution < 1.29 is 5.32 Å². The summed E-state index contributed by atoms with van der Waals surface area (Å²) in [4.78, 5) is 0. The Labute approximate surface area is 89.7 Å². The number of hydrogen-bond acceptors (Lipinski definition) is 0. The van der Waals surface area contributed by atoms with Crippen LogP contribution in [0.5, 0.6) is 0 Å². The Balaban J connectivity index is 2.00. The van der Waals surface area contributed by atoms with E-state index in [0.29, 0.717) is 0 Å². The molecule has 1 heteroatoms. The molecule has 0 spiro atoms. The van der Waals surface area contributed by atoms with E-state index >= 15 is 0 Å². The Morgan fingerprint density at radius 3 is 2.57 bits per heavy atom. The summed E-state index contributed by atoms with van der Waals surface area (Å²) in [6, 6.07) is 0.858. The van der Waals surface area contributed by atoms with Crippen LogP contribution in [-0.4, -0.2) is 12.6 Å². The molecule has 1 nitrogen and oxygen atoms in total. The number of quaternary nitrogens is 1. The van der Waals surface area contributed by atoms with Crippen molar-refractivity contribution in [3.8, 4) is 0 Å². The molecule has 1 atom stereocenters. The minimum Gasteiger partial charge on any atom is -0.344 e. The van der Waals surface area contributed by atoms with Crippen LogP contribution in [0.15, 0.2) is 0 Å². The van der Waals surface area contributed by atoms with E-state index in [1.807, 2.05) is 0 Å². The van der Waals surface area contributed by atoms with Gasteiger partial charge >= 0.3 is 0 Å².